The van der Waals surface area contributed by atoms with Crippen molar-refractivity contribution in [1.29, 1.82) is 0 Å². The van der Waals surface area contributed by atoms with Crippen LogP contribution in [0.2, 0.25) is 0 Å². The molecule has 0 atom stereocenters. The number of aromatic nitrogens is 2. The Morgan fingerprint density at radius 1 is 1.35 bits per heavy atom. The van der Waals surface area contributed by atoms with Gasteiger partial charge in [-0.25, -0.2) is 15.0 Å². The molecule has 6 nitrogen and oxygen atoms in total. The molecule has 1 aromatic heterocycles. The fraction of sp³-hybridized carbons (Fsp3) is 0.636. The van der Waals surface area contributed by atoms with E-state index in [2.05, 4.69) is 20.4 Å². The van der Waals surface area contributed by atoms with E-state index in [1.165, 1.54) is 0 Å². The number of morpholine rings is 1. The fourth-order valence-corrected chi connectivity index (χ4v) is 1.64. The first kappa shape index (κ1) is 12.1. The van der Waals surface area contributed by atoms with Gasteiger partial charge in [-0.3, -0.25) is 0 Å². The quantitative estimate of drug-likeness (QED) is 0.811. The maximum absolute atomic E-state index is 5.77. The molecule has 0 unspecified atom stereocenters. The van der Waals surface area contributed by atoms with Crippen molar-refractivity contribution in [1.82, 2.24) is 15.0 Å². The summed E-state index contributed by atoms with van der Waals surface area (Å²) in [6.45, 7) is 7.28. The lowest BCUT2D eigenvalue weighted by atomic mass is 10.2. The van der Waals surface area contributed by atoms with Crippen molar-refractivity contribution >= 4 is 11.6 Å². The standard InChI is InChI=1S/C11H19N5O/c1-8(2)11-13-9(12)7-10(14-11)15-16-3-5-17-6-4-16/h7-8H,3-6H2,1-2H3,(H3,12,13,14,15). The van der Waals surface area contributed by atoms with Gasteiger partial charge in [0.2, 0.25) is 0 Å². The number of hydrogen-bond donors (Lipinski definition) is 2. The van der Waals surface area contributed by atoms with Crippen LogP contribution < -0.4 is 11.2 Å². The first-order valence-electron chi connectivity index (χ1n) is 5.89. The van der Waals surface area contributed by atoms with Crippen molar-refractivity contribution in [3.05, 3.63) is 11.9 Å². The predicted molar refractivity (Wildman–Crippen MR) is 66.5 cm³/mol. The van der Waals surface area contributed by atoms with Gasteiger partial charge < -0.3 is 15.9 Å². The lowest BCUT2D eigenvalue weighted by Gasteiger charge is -2.27. The highest BCUT2D eigenvalue weighted by Crippen LogP contribution is 2.15. The Balaban J connectivity index is 2.09. The molecule has 0 bridgehead atoms. The van der Waals surface area contributed by atoms with Crippen molar-refractivity contribution in [3.63, 3.8) is 0 Å². The molecule has 2 rings (SSSR count). The van der Waals surface area contributed by atoms with Crippen molar-refractivity contribution < 1.29 is 4.74 Å². The molecule has 1 aliphatic rings. The molecule has 1 fully saturated rings. The molecular formula is C11H19N5O. The first-order valence-corrected chi connectivity index (χ1v) is 5.89. The molecule has 1 aliphatic heterocycles. The van der Waals surface area contributed by atoms with Crippen LogP contribution in [0.1, 0.15) is 25.6 Å². The third-order valence-corrected chi connectivity index (χ3v) is 2.56. The van der Waals surface area contributed by atoms with E-state index in [4.69, 9.17) is 10.5 Å². The van der Waals surface area contributed by atoms with Crippen LogP contribution >= 0.6 is 0 Å². The molecule has 0 amide bonds. The molecule has 1 aromatic rings. The zero-order valence-corrected chi connectivity index (χ0v) is 10.3. The molecule has 94 valence electrons. The largest absolute Gasteiger partial charge is 0.384 e. The smallest absolute Gasteiger partial charge is 0.146 e. The molecule has 0 radical (unpaired) electrons. The number of nitrogens with zero attached hydrogens (tertiary/aromatic N) is 3. The normalized spacial score (nSPS) is 17.4. The van der Waals surface area contributed by atoms with Gasteiger partial charge in [-0.2, -0.15) is 0 Å². The van der Waals surface area contributed by atoms with Gasteiger partial charge >= 0.3 is 0 Å². The van der Waals surface area contributed by atoms with Gasteiger partial charge in [0, 0.05) is 25.1 Å². The van der Waals surface area contributed by atoms with E-state index in [0.29, 0.717) is 5.82 Å². The summed E-state index contributed by atoms with van der Waals surface area (Å²) in [6.07, 6.45) is 0. The highest BCUT2D eigenvalue weighted by molar-refractivity contribution is 5.44. The minimum absolute atomic E-state index is 0.267. The summed E-state index contributed by atoms with van der Waals surface area (Å²) in [7, 11) is 0. The van der Waals surface area contributed by atoms with Gasteiger partial charge in [-0.05, 0) is 0 Å². The number of anilines is 2. The second-order valence-corrected chi connectivity index (χ2v) is 4.40. The van der Waals surface area contributed by atoms with E-state index in [9.17, 15) is 0 Å². The van der Waals surface area contributed by atoms with E-state index < -0.39 is 0 Å². The number of hydrazine groups is 1. The molecule has 0 saturated carbocycles. The molecule has 3 N–H and O–H groups in total. The van der Waals surface area contributed by atoms with E-state index in [0.717, 1.165) is 37.9 Å². The van der Waals surface area contributed by atoms with Crippen LogP contribution in [0.25, 0.3) is 0 Å². The SMILES string of the molecule is CC(C)c1nc(N)cc(NN2CCOCC2)n1. The number of hydrogen-bond acceptors (Lipinski definition) is 6. The highest BCUT2D eigenvalue weighted by Gasteiger charge is 2.12. The van der Waals surface area contributed by atoms with Crippen LogP contribution in [0.15, 0.2) is 6.07 Å². The Morgan fingerprint density at radius 3 is 2.71 bits per heavy atom. The summed E-state index contributed by atoms with van der Waals surface area (Å²) >= 11 is 0. The summed E-state index contributed by atoms with van der Waals surface area (Å²) in [4.78, 5) is 8.65. The predicted octanol–water partition coefficient (Wildman–Crippen LogP) is 0.841. The molecule has 0 aliphatic carbocycles. The summed E-state index contributed by atoms with van der Waals surface area (Å²) in [5, 5.41) is 2.08. The van der Waals surface area contributed by atoms with Gasteiger partial charge in [0.15, 0.2) is 0 Å². The topological polar surface area (TPSA) is 76.3 Å². The zero-order chi connectivity index (χ0) is 12.3. The summed E-state index contributed by atoms with van der Waals surface area (Å²) < 4.78 is 5.28. The monoisotopic (exact) mass is 237 g/mol. The van der Waals surface area contributed by atoms with Crippen molar-refractivity contribution in [2.24, 2.45) is 0 Å². The van der Waals surface area contributed by atoms with Crippen molar-refractivity contribution in [3.8, 4) is 0 Å². The summed E-state index contributed by atoms with van der Waals surface area (Å²) in [6, 6.07) is 1.75. The lowest BCUT2D eigenvalue weighted by Crippen LogP contribution is -2.40. The third kappa shape index (κ3) is 3.28. The van der Waals surface area contributed by atoms with E-state index >= 15 is 0 Å². The Labute approximate surface area is 101 Å². The molecule has 2 heterocycles. The van der Waals surface area contributed by atoms with Gasteiger partial charge in [-0.1, -0.05) is 13.8 Å². The average molecular weight is 237 g/mol. The first-order chi connectivity index (χ1) is 8.15. The molecule has 17 heavy (non-hydrogen) atoms. The van der Waals surface area contributed by atoms with Crippen LogP contribution in [0.3, 0.4) is 0 Å². The fourth-order valence-electron chi connectivity index (χ4n) is 1.64. The Kier molecular flexibility index (Phi) is 3.75. The van der Waals surface area contributed by atoms with Crippen molar-refractivity contribution in [2.75, 3.05) is 37.5 Å². The second-order valence-electron chi connectivity index (χ2n) is 4.40. The lowest BCUT2D eigenvalue weighted by molar-refractivity contribution is 0.0495. The minimum atomic E-state index is 0.267. The van der Waals surface area contributed by atoms with Crippen LogP contribution in [0, 0.1) is 0 Å². The third-order valence-electron chi connectivity index (χ3n) is 2.56. The maximum atomic E-state index is 5.77. The number of nitrogens with one attached hydrogen (secondary N) is 1. The number of rotatable bonds is 3. The molecular weight excluding hydrogens is 218 g/mol. The van der Waals surface area contributed by atoms with E-state index in [1.807, 2.05) is 13.8 Å². The van der Waals surface area contributed by atoms with E-state index in [-0.39, 0.29) is 5.92 Å². The van der Waals surface area contributed by atoms with Crippen LogP contribution in [0.5, 0.6) is 0 Å². The van der Waals surface area contributed by atoms with Crippen LogP contribution in [-0.2, 0) is 4.74 Å². The van der Waals surface area contributed by atoms with Crippen molar-refractivity contribution in [2.45, 2.75) is 19.8 Å². The number of nitrogens with two attached hydrogens (primary N) is 1. The van der Waals surface area contributed by atoms with Gasteiger partial charge in [0.05, 0.1) is 13.2 Å². The molecule has 6 heteroatoms. The highest BCUT2D eigenvalue weighted by atomic mass is 16.5. The second kappa shape index (κ2) is 5.29. The molecule has 1 saturated heterocycles. The Morgan fingerprint density at radius 2 is 2.06 bits per heavy atom. The molecule has 0 spiro atoms. The van der Waals surface area contributed by atoms with E-state index in [1.54, 1.807) is 6.07 Å². The minimum Gasteiger partial charge on any atom is -0.384 e. The van der Waals surface area contributed by atoms with Gasteiger partial charge in [-0.15, -0.1) is 0 Å². The van der Waals surface area contributed by atoms with Gasteiger partial charge in [0.1, 0.15) is 17.5 Å². The number of nitrogen functional groups attached to an aromatic ring is 1. The summed E-state index contributed by atoms with van der Waals surface area (Å²) in [5.74, 6) is 2.28. The Bertz CT molecular complexity index is 376. The maximum Gasteiger partial charge on any atom is 0.146 e. The molecule has 0 aromatic carbocycles. The van der Waals surface area contributed by atoms with Crippen LogP contribution in [0.4, 0.5) is 11.6 Å². The Hall–Kier alpha value is -1.40. The summed E-state index contributed by atoms with van der Waals surface area (Å²) in [5.41, 5.74) is 9.01. The number of ether oxygens (including phenoxy) is 1. The average Bonchev–Trinajstić information content (AvgIpc) is 2.29. The van der Waals surface area contributed by atoms with Crippen LogP contribution in [-0.4, -0.2) is 41.3 Å². The van der Waals surface area contributed by atoms with Gasteiger partial charge in [0.25, 0.3) is 0 Å². The zero-order valence-electron chi connectivity index (χ0n) is 10.3.